The van der Waals surface area contributed by atoms with Gasteiger partial charge < -0.3 is 0 Å². The minimum Gasteiger partial charge on any atom is -0.296 e. The molecule has 19 heavy (non-hydrogen) atoms. The van der Waals surface area contributed by atoms with Crippen LogP contribution in [0.25, 0.3) is 0 Å². The third kappa shape index (κ3) is 1.71. The molecule has 1 fully saturated rings. The fourth-order valence-corrected chi connectivity index (χ4v) is 4.37. The summed E-state index contributed by atoms with van der Waals surface area (Å²) >= 11 is 0. The molecule has 0 radical (unpaired) electrons. The van der Waals surface area contributed by atoms with E-state index in [4.69, 9.17) is 0 Å². The number of hydrogen-bond donors (Lipinski definition) is 0. The SMILES string of the molecule is CS(=O)(=O)C1(C(=O)N2CCCn3nccc32)CCC1. The van der Waals surface area contributed by atoms with E-state index >= 15 is 0 Å². The largest absolute Gasteiger partial charge is 0.296 e. The Kier molecular flexibility index (Phi) is 2.70. The Hall–Kier alpha value is -1.37. The lowest BCUT2D eigenvalue weighted by molar-refractivity contribution is -0.123. The number of carbonyl (C=O) groups excluding carboxylic acids is 1. The van der Waals surface area contributed by atoms with Crippen molar-refractivity contribution in [3.8, 4) is 0 Å². The monoisotopic (exact) mass is 283 g/mol. The summed E-state index contributed by atoms with van der Waals surface area (Å²) in [7, 11) is -3.38. The van der Waals surface area contributed by atoms with Gasteiger partial charge in [-0.15, -0.1) is 0 Å². The first-order valence-electron chi connectivity index (χ1n) is 6.49. The Balaban J connectivity index is 1.98. The average molecular weight is 283 g/mol. The maximum Gasteiger partial charge on any atom is 0.249 e. The smallest absolute Gasteiger partial charge is 0.249 e. The van der Waals surface area contributed by atoms with Gasteiger partial charge in [0.1, 0.15) is 5.82 Å². The molecule has 7 heteroatoms. The lowest BCUT2D eigenvalue weighted by atomic mass is 9.83. The average Bonchev–Trinajstić information content (AvgIpc) is 2.72. The highest BCUT2D eigenvalue weighted by Crippen LogP contribution is 2.41. The maximum absolute atomic E-state index is 12.7. The number of rotatable bonds is 2. The molecule has 1 aliphatic carbocycles. The van der Waals surface area contributed by atoms with Crippen LogP contribution in [0.1, 0.15) is 25.7 Å². The second-order valence-corrected chi connectivity index (χ2v) is 7.67. The predicted molar refractivity (Wildman–Crippen MR) is 70.6 cm³/mol. The van der Waals surface area contributed by atoms with Crippen molar-refractivity contribution in [2.24, 2.45) is 0 Å². The molecule has 104 valence electrons. The highest BCUT2D eigenvalue weighted by Gasteiger charge is 2.55. The van der Waals surface area contributed by atoms with Crippen LogP contribution in [0.15, 0.2) is 12.3 Å². The predicted octanol–water partition coefficient (Wildman–Crippen LogP) is 0.587. The highest BCUT2D eigenvalue weighted by molar-refractivity contribution is 7.93. The molecule has 0 saturated heterocycles. The fraction of sp³-hybridized carbons (Fsp3) is 0.667. The summed E-state index contributed by atoms with van der Waals surface area (Å²) in [6.07, 6.45) is 5.30. The van der Waals surface area contributed by atoms with Crippen molar-refractivity contribution < 1.29 is 13.2 Å². The van der Waals surface area contributed by atoms with Crippen LogP contribution in [0.4, 0.5) is 5.82 Å². The van der Waals surface area contributed by atoms with Crippen molar-refractivity contribution in [3.63, 3.8) is 0 Å². The van der Waals surface area contributed by atoms with Crippen molar-refractivity contribution >= 4 is 21.6 Å². The normalized spacial score (nSPS) is 21.6. The Morgan fingerprint density at radius 1 is 1.32 bits per heavy atom. The third-order valence-corrected chi connectivity index (χ3v) is 6.23. The van der Waals surface area contributed by atoms with Crippen LogP contribution in [0.2, 0.25) is 0 Å². The highest BCUT2D eigenvalue weighted by atomic mass is 32.2. The molecule has 2 aliphatic rings. The van der Waals surface area contributed by atoms with Crippen molar-refractivity contribution in [1.82, 2.24) is 9.78 Å². The molecule has 0 atom stereocenters. The Morgan fingerprint density at radius 3 is 2.63 bits per heavy atom. The van der Waals surface area contributed by atoms with Gasteiger partial charge in [0.2, 0.25) is 5.91 Å². The minimum atomic E-state index is -3.38. The number of fused-ring (bicyclic) bond motifs is 1. The second kappa shape index (κ2) is 4.06. The molecule has 1 amide bonds. The number of carbonyl (C=O) groups is 1. The molecule has 0 aromatic carbocycles. The summed E-state index contributed by atoms with van der Waals surface area (Å²) in [4.78, 5) is 14.3. The van der Waals surface area contributed by atoms with E-state index in [0.717, 1.165) is 19.4 Å². The van der Waals surface area contributed by atoms with Gasteiger partial charge in [0.05, 0.1) is 6.20 Å². The summed E-state index contributed by atoms with van der Waals surface area (Å²) in [5, 5.41) is 4.15. The standard InChI is InChI=1S/C12H17N3O3S/c1-19(17,18)12(5-2-6-12)11(16)14-8-3-9-15-10(14)4-7-13-15/h4,7H,2-3,5-6,8-9H2,1H3. The van der Waals surface area contributed by atoms with Crippen LogP contribution in [0.5, 0.6) is 0 Å². The maximum atomic E-state index is 12.7. The van der Waals surface area contributed by atoms with Gasteiger partial charge in [-0.05, 0) is 25.7 Å². The Morgan fingerprint density at radius 2 is 2.05 bits per heavy atom. The van der Waals surface area contributed by atoms with E-state index < -0.39 is 14.6 Å². The minimum absolute atomic E-state index is 0.275. The zero-order chi connectivity index (χ0) is 13.7. The Bertz CT molecular complexity index is 616. The molecule has 0 bridgehead atoms. The van der Waals surface area contributed by atoms with Gasteiger partial charge in [-0.3, -0.25) is 9.69 Å². The number of aryl methyl sites for hydroxylation is 1. The number of amides is 1. The molecule has 0 N–H and O–H groups in total. The van der Waals surface area contributed by atoms with Crippen molar-refractivity contribution in [2.75, 3.05) is 17.7 Å². The van der Waals surface area contributed by atoms with E-state index in [9.17, 15) is 13.2 Å². The number of hydrogen-bond acceptors (Lipinski definition) is 4. The number of nitrogens with zero attached hydrogens (tertiary/aromatic N) is 3. The van der Waals surface area contributed by atoms with Gasteiger partial charge in [-0.2, -0.15) is 5.10 Å². The van der Waals surface area contributed by atoms with E-state index in [0.29, 0.717) is 25.2 Å². The fourth-order valence-electron chi connectivity index (χ4n) is 2.91. The van der Waals surface area contributed by atoms with E-state index in [1.807, 2.05) is 0 Å². The Labute approximate surface area is 112 Å². The lowest BCUT2D eigenvalue weighted by Crippen LogP contribution is -2.59. The summed E-state index contributed by atoms with van der Waals surface area (Å²) in [6.45, 7) is 1.35. The first-order valence-corrected chi connectivity index (χ1v) is 8.38. The van der Waals surface area contributed by atoms with Crippen LogP contribution >= 0.6 is 0 Å². The van der Waals surface area contributed by atoms with Gasteiger partial charge in [0, 0.05) is 25.4 Å². The van der Waals surface area contributed by atoms with Crippen LogP contribution in [-0.2, 0) is 21.2 Å². The molecule has 0 unspecified atom stereocenters. The van der Waals surface area contributed by atoms with Gasteiger partial charge >= 0.3 is 0 Å². The van der Waals surface area contributed by atoms with Crippen molar-refractivity contribution in [1.29, 1.82) is 0 Å². The molecule has 1 saturated carbocycles. The first kappa shape index (κ1) is 12.7. The van der Waals surface area contributed by atoms with Crippen LogP contribution in [0.3, 0.4) is 0 Å². The van der Waals surface area contributed by atoms with Crippen LogP contribution in [-0.4, -0.2) is 41.7 Å². The molecule has 3 rings (SSSR count). The number of aromatic nitrogens is 2. The van der Waals surface area contributed by atoms with Crippen LogP contribution < -0.4 is 4.90 Å². The summed E-state index contributed by atoms with van der Waals surface area (Å²) in [6, 6.07) is 1.77. The number of anilines is 1. The molecular weight excluding hydrogens is 266 g/mol. The van der Waals surface area contributed by atoms with Gasteiger partial charge in [-0.1, -0.05) is 0 Å². The van der Waals surface area contributed by atoms with Crippen LogP contribution in [0, 0.1) is 0 Å². The van der Waals surface area contributed by atoms with E-state index in [-0.39, 0.29) is 5.91 Å². The van der Waals surface area contributed by atoms with Crippen molar-refractivity contribution in [2.45, 2.75) is 37.0 Å². The van der Waals surface area contributed by atoms with Gasteiger partial charge in [0.25, 0.3) is 0 Å². The summed E-state index contributed by atoms with van der Waals surface area (Å²) in [5.41, 5.74) is 0. The first-order chi connectivity index (χ1) is 8.96. The van der Waals surface area contributed by atoms with E-state index in [1.54, 1.807) is 21.8 Å². The molecule has 0 spiro atoms. The zero-order valence-corrected chi connectivity index (χ0v) is 11.7. The van der Waals surface area contributed by atoms with E-state index in [1.165, 1.54) is 6.26 Å². The molecular formula is C12H17N3O3S. The summed E-state index contributed by atoms with van der Waals surface area (Å²) in [5.74, 6) is 0.439. The molecule has 2 heterocycles. The quantitative estimate of drug-likeness (QED) is 0.796. The second-order valence-electron chi connectivity index (χ2n) is 5.34. The van der Waals surface area contributed by atoms with Gasteiger partial charge in [0.15, 0.2) is 14.6 Å². The molecule has 6 nitrogen and oxygen atoms in total. The zero-order valence-electron chi connectivity index (χ0n) is 10.9. The van der Waals surface area contributed by atoms with Crippen molar-refractivity contribution in [3.05, 3.63) is 12.3 Å². The number of sulfone groups is 1. The summed E-state index contributed by atoms with van der Waals surface area (Å²) < 4.78 is 24.6. The third-order valence-electron chi connectivity index (χ3n) is 4.23. The van der Waals surface area contributed by atoms with Gasteiger partial charge in [-0.25, -0.2) is 13.1 Å². The lowest BCUT2D eigenvalue weighted by Gasteiger charge is -2.42. The van der Waals surface area contributed by atoms with E-state index in [2.05, 4.69) is 5.10 Å². The molecule has 1 aromatic heterocycles. The topological polar surface area (TPSA) is 72.3 Å². The molecule has 1 aliphatic heterocycles. The molecule has 1 aromatic rings.